The molecule has 20 heavy (non-hydrogen) atoms. The Morgan fingerprint density at radius 3 is 2.80 bits per heavy atom. The molecule has 2 amide bonds. The number of anilines is 1. The molecule has 1 aliphatic heterocycles. The average molecular weight is 293 g/mol. The van der Waals surface area contributed by atoms with E-state index in [2.05, 4.69) is 22.9 Å². The highest BCUT2D eigenvalue weighted by atomic mass is 32.2. The van der Waals surface area contributed by atoms with Crippen LogP contribution in [0.3, 0.4) is 0 Å². The van der Waals surface area contributed by atoms with Crippen molar-refractivity contribution >= 4 is 29.3 Å². The molecule has 1 heterocycles. The molecule has 2 rings (SSSR count). The zero-order valence-electron chi connectivity index (χ0n) is 11.4. The van der Waals surface area contributed by atoms with E-state index in [0.29, 0.717) is 18.7 Å². The maximum Gasteiger partial charge on any atom is 0.234 e. The Labute approximate surface area is 122 Å². The van der Waals surface area contributed by atoms with Crippen molar-refractivity contribution in [2.45, 2.75) is 25.3 Å². The van der Waals surface area contributed by atoms with Crippen LogP contribution in [0, 0.1) is 0 Å². The Morgan fingerprint density at radius 2 is 2.15 bits per heavy atom. The largest absolute Gasteiger partial charge is 0.332 e. The number of thioether (sulfide) groups is 1. The first-order valence-electron chi connectivity index (χ1n) is 6.70. The van der Waals surface area contributed by atoms with E-state index >= 15 is 0 Å². The van der Waals surface area contributed by atoms with Gasteiger partial charge in [-0.25, -0.2) is 0 Å². The van der Waals surface area contributed by atoms with Crippen molar-refractivity contribution in [3.8, 4) is 0 Å². The highest BCUT2D eigenvalue weighted by molar-refractivity contribution is 8.00. The molecule has 0 spiro atoms. The van der Waals surface area contributed by atoms with E-state index in [1.54, 1.807) is 0 Å². The van der Waals surface area contributed by atoms with Crippen LogP contribution in [0.1, 0.15) is 18.9 Å². The lowest BCUT2D eigenvalue weighted by Crippen LogP contribution is -2.49. The summed E-state index contributed by atoms with van der Waals surface area (Å²) < 4.78 is 0. The standard InChI is InChI=1S/C14H19N3O2S/c1-2-10-3-5-11(6-4-10)16-13(19)9-20-14-15-8-7-12(18)17-14/h3-6,14-15H,2,7-9H2,1H3,(H,16,19)(H,17,18). The molecular formula is C14H19N3O2S. The zero-order valence-corrected chi connectivity index (χ0v) is 12.3. The summed E-state index contributed by atoms with van der Waals surface area (Å²) in [5, 5.41) is 8.76. The van der Waals surface area contributed by atoms with Crippen LogP contribution in [0.15, 0.2) is 24.3 Å². The normalized spacial score (nSPS) is 18.4. The predicted octanol–water partition coefficient (Wildman–Crippen LogP) is 1.31. The highest BCUT2D eigenvalue weighted by Gasteiger charge is 2.18. The second-order valence-electron chi connectivity index (χ2n) is 4.56. The van der Waals surface area contributed by atoms with Crippen LogP contribution in [0.25, 0.3) is 0 Å². The Kier molecular flexibility index (Phi) is 5.43. The Balaban J connectivity index is 1.75. The summed E-state index contributed by atoms with van der Waals surface area (Å²) >= 11 is 1.38. The SMILES string of the molecule is CCc1ccc(NC(=O)CSC2NCCC(=O)N2)cc1. The predicted molar refractivity (Wildman–Crippen MR) is 81.5 cm³/mol. The average Bonchev–Trinajstić information content (AvgIpc) is 2.46. The van der Waals surface area contributed by atoms with Gasteiger partial charge in [0.25, 0.3) is 0 Å². The molecule has 1 unspecified atom stereocenters. The van der Waals surface area contributed by atoms with Gasteiger partial charge in [0.2, 0.25) is 11.8 Å². The summed E-state index contributed by atoms with van der Waals surface area (Å²) in [5.41, 5.74) is 1.87. The van der Waals surface area contributed by atoms with Crippen molar-refractivity contribution in [2.75, 3.05) is 17.6 Å². The monoisotopic (exact) mass is 293 g/mol. The summed E-state index contributed by atoms with van der Waals surface area (Å²) in [6.45, 7) is 2.75. The molecule has 0 aromatic heterocycles. The fourth-order valence-electron chi connectivity index (χ4n) is 1.87. The van der Waals surface area contributed by atoms with Crippen LogP contribution < -0.4 is 16.0 Å². The molecule has 6 heteroatoms. The van der Waals surface area contributed by atoms with Gasteiger partial charge in [0.1, 0.15) is 5.50 Å². The number of carbonyl (C=O) groups is 2. The lowest BCUT2D eigenvalue weighted by Gasteiger charge is -2.23. The number of amides is 2. The molecular weight excluding hydrogens is 274 g/mol. The van der Waals surface area contributed by atoms with Gasteiger partial charge in [-0.2, -0.15) is 0 Å². The van der Waals surface area contributed by atoms with Gasteiger partial charge >= 0.3 is 0 Å². The van der Waals surface area contributed by atoms with Crippen molar-refractivity contribution in [3.05, 3.63) is 29.8 Å². The minimum Gasteiger partial charge on any atom is -0.332 e. The first-order valence-corrected chi connectivity index (χ1v) is 7.75. The van der Waals surface area contributed by atoms with Crippen LogP contribution in [0.2, 0.25) is 0 Å². The fraction of sp³-hybridized carbons (Fsp3) is 0.429. The molecule has 1 saturated heterocycles. The molecule has 1 aromatic rings. The minimum atomic E-state index is -0.176. The number of benzene rings is 1. The molecule has 5 nitrogen and oxygen atoms in total. The first kappa shape index (κ1) is 14.9. The highest BCUT2D eigenvalue weighted by Crippen LogP contribution is 2.12. The second kappa shape index (κ2) is 7.31. The molecule has 1 fully saturated rings. The number of nitrogens with one attached hydrogen (secondary N) is 3. The fourth-order valence-corrected chi connectivity index (χ4v) is 2.71. The molecule has 0 radical (unpaired) electrons. The third kappa shape index (κ3) is 4.54. The minimum absolute atomic E-state index is 0.0248. The van der Waals surface area contributed by atoms with E-state index in [9.17, 15) is 9.59 Å². The summed E-state index contributed by atoms with van der Waals surface area (Å²) in [7, 11) is 0. The van der Waals surface area contributed by atoms with Crippen LogP contribution in [-0.4, -0.2) is 29.6 Å². The van der Waals surface area contributed by atoms with Crippen LogP contribution in [0.4, 0.5) is 5.69 Å². The number of rotatable bonds is 5. The van der Waals surface area contributed by atoms with Crippen LogP contribution >= 0.6 is 11.8 Å². The van der Waals surface area contributed by atoms with Gasteiger partial charge in [0.05, 0.1) is 5.75 Å². The molecule has 0 bridgehead atoms. The van der Waals surface area contributed by atoms with Gasteiger partial charge in [0.15, 0.2) is 0 Å². The molecule has 108 valence electrons. The Bertz CT molecular complexity index is 476. The molecule has 1 atom stereocenters. The van der Waals surface area contributed by atoms with E-state index in [1.807, 2.05) is 24.3 Å². The van der Waals surface area contributed by atoms with Gasteiger partial charge in [-0.15, -0.1) is 11.8 Å². The summed E-state index contributed by atoms with van der Waals surface area (Å²) in [5.74, 6) is 0.255. The van der Waals surface area contributed by atoms with Gasteiger partial charge in [-0.3, -0.25) is 14.9 Å². The molecule has 0 aliphatic carbocycles. The van der Waals surface area contributed by atoms with E-state index < -0.39 is 0 Å². The molecule has 0 saturated carbocycles. The topological polar surface area (TPSA) is 70.2 Å². The van der Waals surface area contributed by atoms with E-state index in [1.165, 1.54) is 17.3 Å². The lowest BCUT2D eigenvalue weighted by atomic mass is 10.1. The summed E-state index contributed by atoms with van der Waals surface area (Å²) in [6, 6.07) is 7.82. The van der Waals surface area contributed by atoms with Crippen LogP contribution in [-0.2, 0) is 16.0 Å². The van der Waals surface area contributed by atoms with Gasteiger partial charge in [-0.05, 0) is 24.1 Å². The maximum atomic E-state index is 11.8. The maximum absolute atomic E-state index is 11.8. The second-order valence-corrected chi connectivity index (χ2v) is 5.65. The molecule has 1 aromatic carbocycles. The zero-order chi connectivity index (χ0) is 14.4. The van der Waals surface area contributed by atoms with Crippen LogP contribution in [0.5, 0.6) is 0 Å². The Morgan fingerprint density at radius 1 is 1.40 bits per heavy atom. The van der Waals surface area contributed by atoms with Crippen molar-refractivity contribution in [3.63, 3.8) is 0 Å². The number of carbonyl (C=O) groups excluding carboxylic acids is 2. The number of aryl methyl sites for hydroxylation is 1. The van der Waals surface area contributed by atoms with Crippen molar-refractivity contribution in [1.29, 1.82) is 0 Å². The van der Waals surface area contributed by atoms with Crippen molar-refractivity contribution in [2.24, 2.45) is 0 Å². The van der Waals surface area contributed by atoms with E-state index in [-0.39, 0.29) is 17.3 Å². The smallest absolute Gasteiger partial charge is 0.234 e. The first-order chi connectivity index (χ1) is 9.67. The quantitative estimate of drug-likeness (QED) is 0.765. The van der Waals surface area contributed by atoms with Gasteiger partial charge < -0.3 is 10.6 Å². The Hall–Kier alpha value is -1.53. The number of hydrogen-bond acceptors (Lipinski definition) is 4. The third-order valence-electron chi connectivity index (χ3n) is 3.00. The van der Waals surface area contributed by atoms with E-state index in [0.717, 1.165) is 12.1 Å². The lowest BCUT2D eigenvalue weighted by molar-refractivity contribution is -0.122. The van der Waals surface area contributed by atoms with Gasteiger partial charge in [-0.1, -0.05) is 19.1 Å². The van der Waals surface area contributed by atoms with E-state index in [4.69, 9.17) is 0 Å². The molecule has 3 N–H and O–H groups in total. The van der Waals surface area contributed by atoms with Crippen molar-refractivity contribution < 1.29 is 9.59 Å². The molecule has 1 aliphatic rings. The summed E-state index contributed by atoms with van der Waals surface area (Å²) in [4.78, 5) is 23.0. The third-order valence-corrected chi connectivity index (χ3v) is 4.05. The number of hydrogen-bond donors (Lipinski definition) is 3. The van der Waals surface area contributed by atoms with Crippen molar-refractivity contribution in [1.82, 2.24) is 10.6 Å². The summed E-state index contributed by atoms with van der Waals surface area (Å²) in [6.07, 6.45) is 1.48. The van der Waals surface area contributed by atoms with Gasteiger partial charge in [0, 0.05) is 18.7 Å².